The van der Waals surface area contributed by atoms with Crippen LogP contribution in [0.25, 0.3) is 0 Å². The maximum atomic E-state index is 12.2. The molecule has 2 atom stereocenters. The second-order valence-electron chi connectivity index (χ2n) is 6.35. The smallest absolute Gasteiger partial charge is 0.255 e. The summed E-state index contributed by atoms with van der Waals surface area (Å²) in [6, 6.07) is 6.01. The van der Waals surface area contributed by atoms with Crippen molar-refractivity contribution >= 4 is 15.7 Å². The summed E-state index contributed by atoms with van der Waals surface area (Å²) in [6.45, 7) is 1.87. The average Bonchev–Trinajstić information content (AvgIpc) is 2.48. The van der Waals surface area contributed by atoms with Crippen molar-refractivity contribution in [2.24, 2.45) is 5.92 Å². The Labute approximate surface area is 137 Å². The van der Waals surface area contributed by atoms with Gasteiger partial charge >= 0.3 is 0 Å². The number of rotatable bonds is 7. The molecule has 1 aromatic rings. The van der Waals surface area contributed by atoms with Gasteiger partial charge in [-0.25, -0.2) is 8.42 Å². The van der Waals surface area contributed by atoms with Gasteiger partial charge in [0.05, 0.1) is 4.90 Å². The normalized spacial score (nSPS) is 18.0. The highest BCUT2D eigenvalue weighted by Gasteiger charge is 2.31. The maximum absolute atomic E-state index is 12.2. The molecule has 128 valence electrons. The minimum Gasteiger partial charge on any atom is -0.378 e. The molecule has 1 aromatic carbocycles. The molecule has 1 amide bonds. The molecule has 5 N–H and O–H groups in total. The Morgan fingerprint density at radius 1 is 1.35 bits per heavy atom. The molecule has 23 heavy (non-hydrogen) atoms. The number of hydrogen-bond donors (Lipinski definition) is 3. The predicted octanol–water partition coefficient (Wildman–Crippen LogP) is 0.00402. The number of benzene rings is 1. The largest absolute Gasteiger partial charge is 0.378 e. The molecule has 1 aliphatic rings. The van der Waals surface area contributed by atoms with Crippen molar-refractivity contribution in [1.82, 2.24) is 5.32 Å². The van der Waals surface area contributed by atoms with Crippen LogP contribution in [0.5, 0.6) is 0 Å². The number of aryl methyl sites for hydroxylation is 1. The average molecular weight is 341 g/mol. The van der Waals surface area contributed by atoms with Crippen LogP contribution < -0.4 is 11.1 Å². The lowest BCUT2D eigenvalue weighted by atomic mass is 9.80. The van der Waals surface area contributed by atoms with E-state index < -0.39 is 33.8 Å². The maximum Gasteiger partial charge on any atom is 0.255 e. The van der Waals surface area contributed by atoms with E-state index in [0.29, 0.717) is 12.3 Å². The molecule has 1 saturated carbocycles. The Hall–Kier alpha value is -1.44. The van der Waals surface area contributed by atoms with Crippen LogP contribution in [-0.4, -0.2) is 37.5 Å². The molecular weight excluding hydrogens is 316 g/mol. The minimum atomic E-state index is -3.61. The summed E-state index contributed by atoms with van der Waals surface area (Å²) in [5.74, 6) is -0.682. The van der Waals surface area contributed by atoms with E-state index in [-0.39, 0.29) is 4.90 Å². The second kappa shape index (κ2) is 7.42. The van der Waals surface area contributed by atoms with Gasteiger partial charge in [0, 0.05) is 6.42 Å². The van der Waals surface area contributed by atoms with Crippen molar-refractivity contribution in [1.29, 1.82) is 0 Å². The van der Waals surface area contributed by atoms with Crippen LogP contribution in [0.15, 0.2) is 29.2 Å². The summed E-state index contributed by atoms with van der Waals surface area (Å²) in [6.07, 6.45) is 2.83. The summed E-state index contributed by atoms with van der Waals surface area (Å²) < 4.78 is 24.3. The van der Waals surface area contributed by atoms with E-state index >= 15 is 0 Å². The van der Waals surface area contributed by atoms with Gasteiger partial charge in [0.1, 0.15) is 11.9 Å². The molecule has 1 aliphatic carbocycles. The molecular formula is C16H25N2O4S+. The van der Waals surface area contributed by atoms with E-state index in [0.717, 1.165) is 18.4 Å². The van der Waals surface area contributed by atoms with E-state index in [4.69, 9.17) is 0 Å². The van der Waals surface area contributed by atoms with Gasteiger partial charge in [0.2, 0.25) is 0 Å². The number of aliphatic hydroxyl groups is 1. The van der Waals surface area contributed by atoms with Gasteiger partial charge in [-0.1, -0.05) is 37.0 Å². The quantitative estimate of drug-likeness (QED) is 0.648. The van der Waals surface area contributed by atoms with Crippen molar-refractivity contribution in [2.75, 3.05) is 5.88 Å². The number of quaternary nitrogens is 1. The molecule has 7 heteroatoms. The third kappa shape index (κ3) is 4.76. The molecule has 6 nitrogen and oxygen atoms in total. The number of carbonyl (C=O) groups is 1. The van der Waals surface area contributed by atoms with Gasteiger partial charge in [-0.2, -0.15) is 0 Å². The number of nitrogens with one attached hydrogen (secondary N) is 1. The summed E-state index contributed by atoms with van der Waals surface area (Å²) in [4.78, 5) is 12.1. The fourth-order valence-corrected chi connectivity index (χ4v) is 3.65. The molecule has 0 heterocycles. The van der Waals surface area contributed by atoms with E-state index in [1.54, 1.807) is 12.1 Å². The molecule has 0 spiro atoms. The Morgan fingerprint density at radius 3 is 2.48 bits per heavy atom. The standard InChI is InChI=1S/C16H24N2O4S/c1-11-5-7-13(8-6-11)23(21,22)10-18-16(20)15(19)14(17)9-12-3-2-4-12/h5-8,12,14-15,19H,2-4,9-10,17H2,1H3,(H,18,20)/p+1. The van der Waals surface area contributed by atoms with Crippen LogP contribution in [0.4, 0.5) is 0 Å². The van der Waals surface area contributed by atoms with Crippen molar-refractivity contribution in [3.63, 3.8) is 0 Å². The topological polar surface area (TPSA) is 111 Å². The Balaban J connectivity index is 1.88. The number of carbonyl (C=O) groups excluding carboxylic acids is 1. The van der Waals surface area contributed by atoms with E-state index in [9.17, 15) is 18.3 Å². The van der Waals surface area contributed by atoms with E-state index in [1.165, 1.54) is 18.6 Å². The molecule has 0 aromatic heterocycles. The third-order valence-corrected chi connectivity index (χ3v) is 5.91. The first kappa shape index (κ1) is 17.9. The van der Waals surface area contributed by atoms with Gasteiger partial charge in [-0.3, -0.25) is 4.79 Å². The molecule has 0 radical (unpaired) electrons. The summed E-state index contributed by atoms with van der Waals surface area (Å²) in [5.41, 5.74) is 4.79. The lowest BCUT2D eigenvalue weighted by molar-refractivity contribution is -0.437. The van der Waals surface area contributed by atoms with Gasteiger partial charge in [0.25, 0.3) is 5.91 Å². The fraction of sp³-hybridized carbons (Fsp3) is 0.562. The van der Waals surface area contributed by atoms with E-state index in [2.05, 4.69) is 11.1 Å². The highest BCUT2D eigenvalue weighted by molar-refractivity contribution is 7.91. The summed E-state index contributed by atoms with van der Waals surface area (Å²) in [5, 5.41) is 12.3. The zero-order chi connectivity index (χ0) is 17.0. The summed E-state index contributed by atoms with van der Waals surface area (Å²) >= 11 is 0. The zero-order valence-electron chi connectivity index (χ0n) is 13.4. The third-order valence-electron chi connectivity index (χ3n) is 4.39. The Bertz CT molecular complexity index is 639. The predicted molar refractivity (Wildman–Crippen MR) is 86.0 cm³/mol. The number of hydrogen-bond acceptors (Lipinski definition) is 4. The van der Waals surface area contributed by atoms with Crippen LogP contribution in [0.2, 0.25) is 0 Å². The van der Waals surface area contributed by atoms with E-state index in [1.807, 2.05) is 6.92 Å². The number of aliphatic hydroxyl groups excluding tert-OH is 1. The molecule has 0 bridgehead atoms. The number of sulfone groups is 1. The Kier molecular flexibility index (Phi) is 5.78. The monoisotopic (exact) mass is 341 g/mol. The van der Waals surface area contributed by atoms with Crippen LogP contribution in [-0.2, 0) is 14.6 Å². The van der Waals surface area contributed by atoms with Crippen LogP contribution >= 0.6 is 0 Å². The summed E-state index contributed by atoms with van der Waals surface area (Å²) in [7, 11) is -3.61. The Morgan fingerprint density at radius 2 is 1.96 bits per heavy atom. The van der Waals surface area contributed by atoms with Crippen LogP contribution in [0.3, 0.4) is 0 Å². The first-order valence-electron chi connectivity index (χ1n) is 7.88. The molecule has 0 aliphatic heterocycles. The van der Waals surface area contributed by atoms with Crippen molar-refractivity contribution < 1.29 is 24.1 Å². The van der Waals surface area contributed by atoms with Gasteiger partial charge < -0.3 is 16.2 Å². The van der Waals surface area contributed by atoms with Crippen molar-refractivity contribution in [2.45, 2.75) is 49.6 Å². The highest BCUT2D eigenvalue weighted by Crippen LogP contribution is 2.30. The molecule has 0 saturated heterocycles. The molecule has 2 rings (SSSR count). The van der Waals surface area contributed by atoms with Crippen LogP contribution in [0.1, 0.15) is 31.2 Å². The first-order valence-corrected chi connectivity index (χ1v) is 9.53. The number of amides is 1. The van der Waals surface area contributed by atoms with Gasteiger partial charge in [-0.15, -0.1) is 0 Å². The second-order valence-corrected chi connectivity index (χ2v) is 8.34. The van der Waals surface area contributed by atoms with Gasteiger partial charge in [0.15, 0.2) is 15.9 Å². The zero-order valence-corrected chi connectivity index (χ0v) is 14.2. The highest BCUT2D eigenvalue weighted by atomic mass is 32.2. The van der Waals surface area contributed by atoms with Crippen molar-refractivity contribution in [3.8, 4) is 0 Å². The van der Waals surface area contributed by atoms with Crippen LogP contribution in [0, 0.1) is 12.8 Å². The minimum absolute atomic E-state index is 0.151. The lowest BCUT2D eigenvalue weighted by Crippen LogP contribution is -2.69. The molecule has 2 unspecified atom stereocenters. The van der Waals surface area contributed by atoms with Crippen molar-refractivity contribution in [3.05, 3.63) is 29.8 Å². The first-order chi connectivity index (χ1) is 10.8. The van der Waals surface area contributed by atoms with Gasteiger partial charge in [-0.05, 0) is 25.0 Å². The molecule has 1 fully saturated rings. The SMILES string of the molecule is Cc1ccc(S(=O)(=O)CNC(=O)C(O)C([NH3+])CC2CCC2)cc1. The fourth-order valence-electron chi connectivity index (χ4n) is 2.60. The lowest BCUT2D eigenvalue weighted by Gasteiger charge is -2.27.